The van der Waals surface area contributed by atoms with E-state index in [0.717, 1.165) is 30.4 Å². The second kappa shape index (κ2) is 8.96. The van der Waals surface area contributed by atoms with Gasteiger partial charge in [0.2, 0.25) is 0 Å². The van der Waals surface area contributed by atoms with E-state index in [1.54, 1.807) is 13.0 Å². The van der Waals surface area contributed by atoms with E-state index in [1.165, 1.54) is 6.26 Å². The van der Waals surface area contributed by atoms with E-state index in [9.17, 15) is 13.2 Å². The smallest absolute Gasteiger partial charge is 0.153 e. The minimum atomic E-state index is -3.17. The van der Waals surface area contributed by atoms with Gasteiger partial charge in [0.1, 0.15) is 5.78 Å². The van der Waals surface area contributed by atoms with Gasteiger partial charge in [0.05, 0.1) is 17.5 Å². The lowest BCUT2D eigenvalue weighted by atomic mass is 9.81. The highest BCUT2D eigenvalue weighted by Crippen LogP contribution is 2.32. The summed E-state index contributed by atoms with van der Waals surface area (Å²) in [5.74, 6) is 0.0270. The van der Waals surface area contributed by atoms with Gasteiger partial charge in [-0.15, -0.1) is 0 Å². The Morgan fingerprint density at radius 3 is 2.42 bits per heavy atom. The lowest BCUT2D eigenvalue weighted by Gasteiger charge is -2.32. The average Bonchev–Trinajstić information content (AvgIpc) is 2.60. The van der Waals surface area contributed by atoms with Crippen LogP contribution < -0.4 is 0 Å². The Morgan fingerprint density at radius 2 is 1.85 bits per heavy atom. The van der Waals surface area contributed by atoms with Gasteiger partial charge < -0.3 is 4.74 Å². The number of ether oxygens (including phenoxy) is 1. The van der Waals surface area contributed by atoms with Crippen molar-refractivity contribution >= 4 is 15.6 Å². The summed E-state index contributed by atoms with van der Waals surface area (Å²) in [4.78, 5) is 12.5. The van der Waals surface area contributed by atoms with Crippen LogP contribution in [0.2, 0.25) is 0 Å². The quantitative estimate of drug-likeness (QED) is 0.665. The highest BCUT2D eigenvalue weighted by Gasteiger charge is 2.33. The number of Topliss-reactive ketones (excluding diaryl/α,β-unsaturated/α-hetero) is 1. The summed E-state index contributed by atoms with van der Waals surface area (Å²) in [7, 11) is -3.17. The van der Waals surface area contributed by atoms with Crippen LogP contribution in [0.5, 0.6) is 0 Å². The van der Waals surface area contributed by atoms with E-state index in [1.807, 2.05) is 44.2 Å². The lowest BCUT2D eigenvalue weighted by Crippen LogP contribution is -2.35. The first kappa shape index (κ1) is 20.8. The van der Waals surface area contributed by atoms with Crippen molar-refractivity contribution in [1.82, 2.24) is 0 Å². The first-order valence-electron chi connectivity index (χ1n) is 9.30. The number of hydrogen-bond acceptors (Lipinski definition) is 4. The maximum Gasteiger partial charge on any atom is 0.153 e. The molecular weight excluding hydrogens is 348 g/mol. The number of ketones is 1. The van der Waals surface area contributed by atoms with Gasteiger partial charge in [-0.3, -0.25) is 4.79 Å². The van der Waals surface area contributed by atoms with E-state index in [-0.39, 0.29) is 23.9 Å². The van der Waals surface area contributed by atoms with Gasteiger partial charge in [-0.1, -0.05) is 42.8 Å². The fourth-order valence-corrected chi connectivity index (χ4v) is 3.92. The molecule has 0 spiro atoms. The Morgan fingerprint density at radius 1 is 1.19 bits per heavy atom. The second-order valence-corrected chi connectivity index (χ2v) is 9.78. The maximum atomic E-state index is 12.5. The zero-order valence-electron chi connectivity index (χ0n) is 16.1. The molecule has 1 aromatic carbocycles. The number of benzene rings is 1. The van der Waals surface area contributed by atoms with Crippen LogP contribution in [-0.4, -0.2) is 31.8 Å². The number of hydrogen-bond donors (Lipinski definition) is 0. The van der Waals surface area contributed by atoms with Gasteiger partial charge in [0.15, 0.2) is 9.84 Å². The van der Waals surface area contributed by atoms with E-state index < -0.39 is 15.1 Å². The van der Waals surface area contributed by atoms with Crippen LogP contribution in [0.3, 0.4) is 0 Å². The molecule has 0 bridgehead atoms. The molecule has 1 fully saturated rings. The number of rotatable bonds is 7. The number of sulfone groups is 1. The summed E-state index contributed by atoms with van der Waals surface area (Å²) in [5, 5.41) is -0.598. The molecule has 4 nitrogen and oxygen atoms in total. The SMILES string of the molecule is C/C(=C/[C@@H](C)S(C)(=O)=O)[C@@H](O[C@@H](C)c1ccccc1)[C@H]1CCCCC1=O. The Bertz CT molecular complexity index is 737. The highest BCUT2D eigenvalue weighted by molar-refractivity contribution is 7.91. The first-order valence-corrected chi connectivity index (χ1v) is 11.3. The molecule has 1 aliphatic rings. The van der Waals surface area contributed by atoms with Gasteiger partial charge >= 0.3 is 0 Å². The summed E-state index contributed by atoms with van der Waals surface area (Å²) < 4.78 is 30.0. The summed E-state index contributed by atoms with van der Waals surface area (Å²) in [6.07, 6.45) is 5.72. The van der Waals surface area contributed by atoms with Gasteiger partial charge in [-0.25, -0.2) is 8.42 Å². The minimum Gasteiger partial charge on any atom is -0.366 e. The van der Waals surface area contributed by atoms with E-state index in [2.05, 4.69) is 0 Å². The van der Waals surface area contributed by atoms with Gasteiger partial charge in [0, 0.05) is 18.6 Å². The molecule has 0 radical (unpaired) electrons. The monoisotopic (exact) mass is 378 g/mol. The third-order valence-electron chi connectivity index (χ3n) is 5.21. The molecule has 0 aromatic heterocycles. The fraction of sp³-hybridized carbons (Fsp3) is 0.571. The van der Waals surface area contributed by atoms with Crippen LogP contribution in [0.1, 0.15) is 58.1 Å². The molecule has 0 saturated heterocycles. The number of carbonyl (C=O) groups is 1. The fourth-order valence-electron chi connectivity index (χ4n) is 3.46. The molecule has 1 aliphatic carbocycles. The lowest BCUT2D eigenvalue weighted by molar-refractivity contribution is -0.131. The summed E-state index contributed by atoms with van der Waals surface area (Å²) in [5.41, 5.74) is 1.87. The molecular formula is C21H30O4S. The normalized spacial score (nSPS) is 22.7. The molecule has 1 aromatic rings. The topological polar surface area (TPSA) is 60.4 Å². The third-order valence-corrected chi connectivity index (χ3v) is 6.70. The maximum absolute atomic E-state index is 12.5. The zero-order valence-corrected chi connectivity index (χ0v) is 17.0. The third kappa shape index (κ3) is 5.52. The Kier molecular flexibility index (Phi) is 7.18. The van der Waals surface area contributed by atoms with Crippen LogP contribution >= 0.6 is 0 Å². The van der Waals surface area contributed by atoms with Crippen molar-refractivity contribution in [3.63, 3.8) is 0 Å². The Labute approximate surface area is 157 Å². The van der Waals surface area contributed by atoms with E-state index in [4.69, 9.17) is 4.74 Å². The van der Waals surface area contributed by atoms with Gasteiger partial charge in [0.25, 0.3) is 0 Å². The van der Waals surface area contributed by atoms with Gasteiger partial charge in [-0.2, -0.15) is 0 Å². The van der Waals surface area contributed by atoms with Crippen LogP contribution in [-0.2, 0) is 19.4 Å². The van der Waals surface area contributed by atoms with Crippen LogP contribution in [0, 0.1) is 5.92 Å². The van der Waals surface area contributed by atoms with Crippen molar-refractivity contribution < 1.29 is 17.9 Å². The molecule has 26 heavy (non-hydrogen) atoms. The molecule has 0 unspecified atom stereocenters. The van der Waals surface area contributed by atoms with Crippen molar-refractivity contribution in [1.29, 1.82) is 0 Å². The largest absolute Gasteiger partial charge is 0.366 e. The van der Waals surface area contributed by atoms with Crippen molar-refractivity contribution in [3.05, 3.63) is 47.5 Å². The van der Waals surface area contributed by atoms with Gasteiger partial charge in [-0.05, 0) is 44.7 Å². The van der Waals surface area contributed by atoms with Crippen molar-refractivity contribution in [2.75, 3.05) is 6.26 Å². The molecule has 4 atom stereocenters. The molecule has 1 saturated carbocycles. The van der Waals surface area contributed by atoms with Crippen molar-refractivity contribution in [3.8, 4) is 0 Å². The summed E-state index contributed by atoms with van der Waals surface area (Å²) >= 11 is 0. The van der Waals surface area contributed by atoms with Crippen molar-refractivity contribution in [2.24, 2.45) is 5.92 Å². The predicted octanol–water partition coefficient (Wildman–Crippen LogP) is 4.27. The Hall–Kier alpha value is -1.46. The molecule has 144 valence electrons. The molecule has 5 heteroatoms. The van der Waals surface area contributed by atoms with E-state index in [0.29, 0.717) is 6.42 Å². The second-order valence-electron chi connectivity index (χ2n) is 7.37. The van der Waals surface area contributed by atoms with Crippen LogP contribution in [0.4, 0.5) is 0 Å². The molecule has 2 rings (SSSR count). The first-order chi connectivity index (χ1) is 12.2. The molecule has 0 heterocycles. The predicted molar refractivity (Wildman–Crippen MR) is 105 cm³/mol. The molecule has 0 aliphatic heterocycles. The molecule has 0 N–H and O–H groups in total. The molecule has 0 amide bonds. The Balaban J connectivity index is 2.29. The van der Waals surface area contributed by atoms with E-state index >= 15 is 0 Å². The zero-order chi connectivity index (χ0) is 19.3. The standard InChI is InChI=1S/C21H30O4S/c1-15(14-16(2)26(4,23)24)21(19-12-8-9-13-20(19)22)25-17(3)18-10-6-5-7-11-18/h5-7,10-11,14,16-17,19,21H,8-9,12-13H2,1-4H3/b15-14-/t16-,17+,19+,21-/m1/s1. The number of carbonyl (C=O) groups excluding carboxylic acids is 1. The van der Waals surface area contributed by atoms with Crippen LogP contribution in [0.15, 0.2) is 42.0 Å². The van der Waals surface area contributed by atoms with Crippen LogP contribution in [0.25, 0.3) is 0 Å². The summed E-state index contributed by atoms with van der Waals surface area (Å²) in [6, 6.07) is 9.89. The minimum absolute atomic E-state index is 0.173. The highest BCUT2D eigenvalue weighted by atomic mass is 32.2. The summed E-state index contributed by atoms with van der Waals surface area (Å²) in [6.45, 7) is 5.52. The van der Waals surface area contributed by atoms with Crippen molar-refractivity contribution in [2.45, 2.75) is 63.9 Å². The average molecular weight is 379 g/mol.